The van der Waals surface area contributed by atoms with E-state index in [1.165, 1.54) is 0 Å². The number of nitrogens with zero attached hydrogens (tertiary/aromatic N) is 2. The summed E-state index contributed by atoms with van der Waals surface area (Å²) in [4.78, 5) is 8.50. The number of benzene rings is 1. The van der Waals surface area contributed by atoms with E-state index in [0.717, 1.165) is 40.4 Å². The molecule has 2 rings (SSSR count). The molecule has 1 aromatic heterocycles. The molecular weight excluding hydrogens is 332 g/mol. The number of para-hydroxylation sites is 1. The molecule has 6 heteroatoms. The van der Waals surface area contributed by atoms with Crippen LogP contribution in [-0.2, 0) is 6.54 Å². The summed E-state index contributed by atoms with van der Waals surface area (Å²) in [5.41, 5.74) is 1.08. The van der Waals surface area contributed by atoms with Crippen LogP contribution in [0.1, 0.15) is 18.9 Å². The Morgan fingerprint density at radius 2 is 1.86 bits per heavy atom. The Hall–Kier alpha value is -1.82. The molecule has 21 heavy (non-hydrogen) atoms. The summed E-state index contributed by atoms with van der Waals surface area (Å²) in [5.74, 6) is 2.42. The summed E-state index contributed by atoms with van der Waals surface area (Å²) in [7, 11) is 1.67. The highest BCUT2D eigenvalue weighted by Gasteiger charge is 2.09. The van der Waals surface area contributed by atoms with Crippen molar-refractivity contribution in [3.63, 3.8) is 0 Å². The molecular formula is C15H19BrN4O. The third kappa shape index (κ3) is 4.07. The molecule has 1 aromatic carbocycles. The summed E-state index contributed by atoms with van der Waals surface area (Å²) in [6, 6.07) is 7.91. The van der Waals surface area contributed by atoms with E-state index in [2.05, 4.69) is 43.5 Å². The number of hydrogen-bond acceptors (Lipinski definition) is 5. The van der Waals surface area contributed by atoms with Gasteiger partial charge < -0.3 is 15.4 Å². The number of rotatable bonds is 7. The molecule has 0 aliphatic heterocycles. The first kappa shape index (κ1) is 15.6. The SMILES string of the molecule is CCCNc1ncnc(NCc2ccccc2OC)c1Br. The average molecular weight is 351 g/mol. The lowest BCUT2D eigenvalue weighted by molar-refractivity contribution is 0.410. The van der Waals surface area contributed by atoms with Crippen molar-refractivity contribution in [3.05, 3.63) is 40.6 Å². The fraction of sp³-hybridized carbons (Fsp3) is 0.333. The highest BCUT2D eigenvalue weighted by molar-refractivity contribution is 9.10. The minimum atomic E-state index is 0.632. The maximum atomic E-state index is 5.34. The molecule has 0 unspecified atom stereocenters. The van der Waals surface area contributed by atoms with Crippen molar-refractivity contribution in [1.29, 1.82) is 0 Å². The van der Waals surface area contributed by atoms with Gasteiger partial charge in [-0.3, -0.25) is 0 Å². The first-order valence-electron chi connectivity index (χ1n) is 6.86. The molecule has 0 saturated carbocycles. The Bertz CT molecular complexity index is 592. The second-order valence-electron chi connectivity index (χ2n) is 4.48. The number of hydrogen-bond donors (Lipinski definition) is 2. The monoisotopic (exact) mass is 350 g/mol. The third-order valence-electron chi connectivity index (χ3n) is 2.97. The third-order valence-corrected chi connectivity index (χ3v) is 3.72. The Morgan fingerprint density at radius 3 is 2.57 bits per heavy atom. The van der Waals surface area contributed by atoms with Gasteiger partial charge in [-0.1, -0.05) is 25.1 Å². The topological polar surface area (TPSA) is 59.1 Å². The largest absolute Gasteiger partial charge is 0.496 e. The number of nitrogens with one attached hydrogen (secondary N) is 2. The number of halogens is 1. The Kier molecular flexibility index (Phi) is 5.80. The van der Waals surface area contributed by atoms with Crippen LogP contribution in [0.3, 0.4) is 0 Å². The van der Waals surface area contributed by atoms with Crippen LogP contribution < -0.4 is 15.4 Å². The first-order valence-corrected chi connectivity index (χ1v) is 7.65. The number of aromatic nitrogens is 2. The van der Waals surface area contributed by atoms with Crippen molar-refractivity contribution < 1.29 is 4.74 Å². The van der Waals surface area contributed by atoms with Crippen molar-refractivity contribution >= 4 is 27.6 Å². The zero-order valence-corrected chi connectivity index (χ0v) is 13.8. The quantitative estimate of drug-likeness (QED) is 0.797. The molecule has 0 aliphatic rings. The van der Waals surface area contributed by atoms with Gasteiger partial charge in [-0.25, -0.2) is 9.97 Å². The Morgan fingerprint density at radius 1 is 1.14 bits per heavy atom. The summed E-state index contributed by atoms with van der Waals surface area (Å²) in [6.07, 6.45) is 2.59. The van der Waals surface area contributed by atoms with E-state index in [9.17, 15) is 0 Å². The number of ether oxygens (including phenoxy) is 1. The lowest BCUT2D eigenvalue weighted by atomic mass is 10.2. The Balaban J connectivity index is 2.09. The minimum absolute atomic E-state index is 0.632. The standard InChI is InChI=1S/C15H19BrN4O/c1-3-8-17-14-13(16)15(20-10-19-14)18-9-11-6-4-5-7-12(11)21-2/h4-7,10H,3,8-9H2,1-2H3,(H2,17,18,19,20). The van der Waals surface area contributed by atoms with E-state index in [1.807, 2.05) is 24.3 Å². The zero-order valence-electron chi connectivity index (χ0n) is 12.2. The van der Waals surface area contributed by atoms with Gasteiger partial charge >= 0.3 is 0 Å². The maximum absolute atomic E-state index is 5.34. The first-order chi connectivity index (χ1) is 10.3. The predicted octanol–water partition coefficient (Wildman–Crippen LogP) is 3.68. The van der Waals surface area contributed by atoms with E-state index in [0.29, 0.717) is 6.54 Å². The number of anilines is 2. The highest BCUT2D eigenvalue weighted by Crippen LogP contribution is 2.27. The molecule has 1 heterocycles. The van der Waals surface area contributed by atoms with Gasteiger partial charge in [0.15, 0.2) is 0 Å². The second kappa shape index (κ2) is 7.83. The lowest BCUT2D eigenvalue weighted by Crippen LogP contribution is -2.08. The van der Waals surface area contributed by atoms with Crippen molar-refractivity contribution in [1.82, 2.24) is 9.97 Å². The van der Waals surface area contributed by atoms with Crippen molar-refractivity contribution in [2.24, 2.45) is 0 Å². The van der Waals surface area contributed by atoms with Crippen molar-refractivity contribution in [2.75, 3.05) is 24.3 Å². The molecule has 0 amide bonds. The fourth-order valence-corrected chi connectivity index (χ4v) is 2.37. The van der Waals surface area contributed by atoms with Crippen molar-refractivity contribution in [3.8, 4) is 5.75 Å². The van der Waals surface area contributed by atoms with Crippen LogP contribution in [0.15, 0.2) is 35.1 Å². The van der Waals surface area contributed by atoms with Crippen LogP contribution in [0.25, 0.3) is 0 Å². The normalized spacial score (nSPS) is 10.2. The molecule has 0 bridgehead atoms. The van der Waals surface area contributed by atoms with E-state index in [4.69, 9.17) is 4.74 Å². The zero-order chi connectivity index (χ0) is 15.1. The minimum Gasteiger partial charge on any atom is -0.496 e. The summed E-state index contributed by atoms with van der Waals surface area (Å²) in [5, 5.41) is 6.56. The van der Waals surface area contributed by atoms with Gasteiger partial charge in [0, 0.05) is 18.7 Å². The van der Waals surface area contributed by atoms with Gasteiger partial charge in [-0.2, -0.15) is 0 Å². The smallest absolute Gasteiger partial charge is 0.146 e. The summed E-state index contributed by atoms with van der Waals surface area (Å²) >= 11 is 3.54. The predicted molar refractivity (Wildman–Crippen MR) is 88.8 cm³/mol. The van der Waals surface area contributed by atoms with Crippen LogP contribution >= 0.6 is 15.9 Å². The summed E-state index contributed by atoms with van der Waals surface area (Å²) < 4.78 is 6.19. The van der Waals surface area contributed by atoms with Crippen LogP contribution in [-0.4, -0.2) is 23.6 Å². The Labute approximate surface area is 133 Å². The van der Waals surface area contributed by atoms with Crippen LogP contribution in [0.5, 0.6) is 5.75 Å². The molecule has 0 atom stereocenters. The second-order valence-corrected chi connectivity index (χ2v) is 5.27. The summed E-state index contributed by atoms with van der Waals surface area (Å²) in [6.45, 7) is 3.62. The molecule has 0 radical (unpaired) electrons. The van der Waals surface area contributed by atoms with E-state index >= 15 is 0 Å². The fourth-order valence-electron chi connectivity index (χ4n) is 1.89. The number of methoxy groups -OCH3 is 1. The van der Waals surface area contributed by atoms with E-state index in [1.54, 1.807) is 13.4 Å². The molecule has 112 valence electrons. The van der Waals surface area contributed by atoms with Crippen LogP contribution in [0.2, 0.25) is 0 Å². The molecule has 0 fully saturated rings. The van der Waals surface area contributed by atoms with Gasteiger partial charge in [0.25, 0.3) is 0 Å². The van der Waals surface area contributed by atoms with E-state index in [-0.39, 0.29) is 0 Å². The maximum Gasteiger partial charge on any atom is 0.146 e. The highest BCUT2D eigenvalue weighted by atomic mass is 79.9. The van der Waals surface area contributed by atoms with Crippen LogP contribution in [0, 0.1) is 0 Å². The average Bonchev–Trinajstić information content (AvgIpc) is 2.53. The van der Waals surface area contributed by atoms with Gasteiger partial charge in [-0.05, 0) is 28.4 Å². The molecule has 5 nitrogen and oxygen atoms in total. The van der Waals surface area contributed by atoms with Gasteiger partial charge in [-0.15, -0.1) is 0 Å². The van der Waals surface area contributed by atoms with Gasteiger partial charge in [0.1, 0.15) is 28.2 Å². The molecule has 0 aliphatic carbocycles. The van der Waals surface area contributed by atoms with Crippen molar-refractivity contribution in [2.45, 2.75) is 19.9 Å². The van der Waals surface area contributed by atoms with Gasteiger partial charge in [0.05, 0.1) is 7.11 Å². The van der Waals surface area contributed by atoms with E-state index < -0.39 is 0 Å². The van der Waals surface area contributed by atoms with Crippen LogP contribution in [0.4, 0.5) is 11.6 Å². The van der Waals surface area contributed by atoms with Gasteiger partial charge in [0.2, 0.25) is 0 Å². The molecule has 0 spiro atoms. The molecule has 0 saturated heterocycles. The molecule has 2 aromatic rings. The molecule has 2 N–H and O–H groups in total. The lowest BCUT2D eigenvalue weighted by Gasteiger charge is -2.13.